The van der Waals surface area contributed by atoms with E-state index < -0.39 is 6.03 Å². The van der Waals surface area contributed by atoms with Gasteiger partial charge in [-0.05, 0) is 12.2 Å². The highest BCUT2D eigenvalue weighted by Crippen LogP contribution is 1.84. The maximum absolute atomic E-state index is 10.2. The quantitative estimate of drug-likeness (QED) is 0.376. The number of primary amides is 1. The van der Waals surface area contributed by atoms with Gasteiger partial charge in [-0.1, -0.05) is 0 Å². The Morgan fingerprint density at radius 2 is 2.11 bits per heavy atom. The molecule has 0 aromatic heterocycles. The van der Waals surface area contributed by atoms with Crippen LogP contribution < -0.4 is 11.5 Å². The Morgan fingerprint density at radius 1 is 1.67 bits per heavy atom. The minimum absolute atomic E-state index is 0.204. The van der Waals surface area contributed by atoms with E-state index in [4.69, 9.17) is 11.5 Å². The van der Waals surface area contributed by atoms with E-state index in [1.165, 1.54) is 7.11 Å². The van der Waals surface area contributed by atoms with Crippen molar-refractivity contribution in [1.82, 2.24) is 5.06 Å². The van der Waals surface area contributed by atoms with Gasteiger partial charge in [-0.3, -0.25) is 4.84 Å². The van der Waals surface area contributed by atoms with Crippen LogP contribution in [0.25, 0.3) is 0 Å². The summed E-state index contributed by atoms with van der Waals surface area (Å²) in [5, 5.41) is 0.403. The Kier molecular flexibility index (Phi) is 2.89. The van der Waals surface area contributed by atoms with E-state index >= 15 is 0 Å². The standard InChI is InChI=1S/C3H7N3O2S/c1-8-6(2(4)7)3(5)9/h1H3,(H2,4,7)(H2,5,9). The summed E-state index contributed by atoms with van der Waals surface area (Å²) < 4.78 is 0. The zero-order valence-corrected chi connectivity index (χ0v) is 5.64. The third-order valence-corrected chi connectivity index (χ3v) is 0.749. The number of hydroxylamine groups is 2. The topological polar surface area (TPSA) is 81.6 Å². The highest BCUT2D eigenvalue weighted by atomic mass is 32.1. The molecule has 2 amide bonds. The molecule has 0 fully saturated rings. The molecule has 0 radical (unpaired) electrons. The van der Waals surface area contributed by atoms with Crippen molar-refractivity contribution in [2.45, 2.75) is 0 Å². The molecule has 0 spiro atoms. The van der Waals surface area contributed by atoms with Crippen LogP contribution in [0.15, 0.2) is 0 Å². The Balaban J connectivity index is 3.99. The van der Waals surface area contributed by atoms with Crippen molar-refractivity contribution in [2.24, 2.45) is 11.5 Å². The fourth-order valence-corrected chi connectivity index (χ4v) is 0.453. The maximum atomic E-state index is 10.2. The van der Waals surface area contributed by atoms with E-state index in [0.29, 0.717) is 5.06 Å². The van der Waals surface area contributed by atoms with E-state index in [1.807, 2.05) is 0 Å². The number of thiocarbonyl (C=S) groups is 1. The van der Waals surface area contributed by atoms with Crippen LogP contribution in [0.1, 0.15) is 0 Å². The minimum Gasteiger partial charge on any atom is -0.374 e. The van der Waals surface area contributed by atoms with Crippen molar-refractivity contribution >= 4 is 23.4 Å². The number of rotatable bonds is 1. The van der Waals surface area contributed by atoms with E-state index in [9.17, 15) is 4.79 Å². The first kappa shape index (κ1) is 8.12. The van der Waals surface area contributed by atoms with Gasteiger partial charge in [-0.2, -0.15) is 0 Å². The molecule has 5 nitrogen and oxygen atoms in total. The van der Waals surface area contributed by atoms with Crippen molar-refractivity contribution in [3.63, 3.8) is 0 Å². The first-order chi connectivity index (χ1) is 4.09. The summed E-state index contributed by atoms with van der Waals surface area (Å²) >= 11 is 4.37. The molecule has 0 aliphatic carbocycles. The normalized spacial score (nSPS) is 8.56. The van der Waals surface area contributed by atoms with Crippen molar-refractivity contribution in [3.8, 4) is 0 Å². The maximum Gasteiger partial charge on any atom is 0.345 e. The average molecular weight is 149 g/mol. The zero-order chi connectivity index (χ0) is 7.44. The number of carbonyl (C=O) groups excluding carboxylic acids is 1. The highest BCUT2D eigenvalue weighted by Gasteiger charge is 2.09. The molecule has 0 atom stereocenters. The molecular weight excluding hydrogens is 142 g/mol. The van der Waals surface area contributed by atoms with Crippen molar-refractivity contribution in [1.29, 1.82) is 0 Å². The Morgan fingerprint density at radius 3 is 2.11 bits per heavy atom. The Hall–Kier alpha value is -0.880. The van der Waals surface area contributed by atoms with Crippen LogP contribution in [-0.2, 0) is 4.84 Å². The van der Waals surface area contributed by atoms with E-state index in [-0.39, 0.29) is 5.11 Å². The number of nitrogens with two attached hydrogens (primary N) is 2. The van der Waals surface area contributed by atoms with Gasteiger partial charge in [0.25, 0.3) is 0 Å². The number of carbonyl (C=O) groups is 1. The summed E-state index contributed by atoms with van der Waals surface area (Å²) in [5.74, 6) is 0. The van der Waals surface area contributed by atoms with Crippen LogP contribution in [0.3, 0.4) is 0 Å². The molecule has 0 saturated carbocycles. The monoisotopic (exact) mass is 149 g/mol. The van der Waals surface area contributed by atoms with Gasteiger partial charge in [-0.25, -0.2) is 4.79 Å². The minimum atomic E-state index is -0.829. The van der Waals surface area contributed by atoms with E-state index in [0.717, 1.165) is 0 Å². The molecule has 0 bridgehead atoms. The molecule has 0 aliphatic heterocycles. The second kappa shape index (κ2) is 3.21. The van der Waals surface area contributed by atoms with Gasteiger partial charge in [0.15, 0.2) is 0 Å². The lowest BCUT2D eigenvalue weighted by atomic mass is 10.9. The molecule has 0 unspecified atom stereocenters. The second-order valence-corrected chi connectivity index (χ2v) is 1.57. The van der Waals surface area contributed by atoms with Gasteiger partial charge in [0.2, 0.25) is 5.11 Å². The van der Waals surface area contributed by atoms with Gasteiger partial charge >= 0.3 is 6.03 Å². The molecule has 0 aromatic rings. The molecule has 0 heterocycles. The van der Waals surface area contributed by atoms with Gasteiger partial charge < -0.3 is 11.5 Å². The number of nitrogens with zero attached hydrogens (tertiary/aromatic N) is 1. The molecule has 0 saturated heterocycles. The Labute approximate surface area is 57.5 Å². The van der Waals surface area contributed by atoms with Crippen molar-refractivity contribution in [2.75, 3.05) is 7.11 Å². The number of hydrogen-bond donors (Lipinski definition) is 2. The highest BCUT2D eigenvalue weighted by molar-refractivity contribution is 7.80. The van der Waals surface area contributed by atoms with Crippen LogP contribution in [0.5, 0.6) is 0 Å². The molecule has 52 valence electrons. The molecule has 9 heavy (non-hydrogen) atoms. The summed E-state index contributed by atoms with van der Waals surface area (Å²) in [7, 11) is 1.24. The van der Waals surface area contributed by atoms with Crippen LogP contribution in [-0.4, -0.2) is 23.3 Å². The fourth-order valence-electron chi connectivity index (χ4n) is 0.289. The first-order valence-electron chi connectivity index (χ1n) is 2.02. The third kappa shape index (κ3) is 2.24. The smallest absolute Gasteiger partial charge is 0.345 e. The molecular formula is C3H7N3O2S. The Bertz CT molecular complexity index is 123. The number of amides is 2. The van der Waals surface area contributed by atoms with Gasteiger partial charge in [-0.15, -0.1) is 5.06 Å². The third-order valence-electron chi connectivity index (χ3n) is 0.583. The lowest BCUT2D eigenvalue weighted by molar-refractivity contribution is -0.0201. The summed E-state index contributed by atoms with van der Waals surface area (Å²) in [6.07, 6.45) is 0. The first-order valence-corrected chi connectivity index (χ1v) is 2.43. The molecule has 4 N–H and O–H groups in total. The van der Waals surface area contributed by atoms with E-state index in [1.54, 1.807) is 0 Å². The predicted molar refractivity (Wildman–Crippen MR) is 35.2 cm³/mol. The predicted octanol–water partition coefficient (Wildman–Crippen LogP) is -0.828. The largest absolute Gasteiger partial charge is 0.374 e. The number of hydrogen-bond acceptors (Lipinski definition) is 3. The van der Waals surface area contributed by atoms with Crippen LogP contribution in [0.4, 0.5) is 4.79 Å². The zero-order valence-electron chi connectivity index (χ0n) is 4.83. The summed E-state index contributed by atoms with van der Waals surface area (Å²) in [6, 6.07) is -0.829. The average Bonchev–Trinajstić information content (AvgIpc) is 1.64. The van der Waals surface area contributed by atoms with Crippen LogP contribution in [0.2, 0.25) is 0 Å². The van der Waals surface area contributed by atoms with E-state index in [2.05, 4.69) is 17.1 Å². The lowest BCUT2D eigenvalue weighted by Gasteiger charge is -2.12. The SMILES string of the molecule is CON(C(N)=O)C(N)=S. The molecule has 0 aliphatic rings. The van der Waals surface area contributed by atoms with Crippen LogP contribution >= 0.6 is 12.2 Å². The van der Waals surface area contributed by atoms with Gasteiger partial charge in [0.1, 0.15) is 0 Å². The van der Waals surface area contributed by atoms with Crippen molar-refractivity contribution in [3.05, 3.63) is 0 Å². The second-order valence-electron chi connectivity index (χ2n) is 1.15. The van der Waals surface area contributed by atoms with Crippen molar-refractivity contribution < 1.29 is 9.63 Å². The lowest BCUT2D eigenvalue weighted by Crippen LogP contribution is -2.42. The molecule has 6 heteroatoms. The number of urea groups is 1. The summed E-state index contributed by atoms with van der Waals surface area (Å²) in [4.78, 5) is 14.6. The summed E-state index contributed by atoms with van der Waals surface area (Å²) in [5.41, 5.74) is 9.72. The van der Waals surface area contributed by atoms with Crippen LogP contribution in [0, 0.1) is 0 Å². The van der Waals surface area contributed by atoms with Gasteiger partial charge in [0, 0.05) is 0 Å². The summed E-state index contributed by atoms with van der Waals surface area (Å²) in [6.45, 7) is 0. The fraction of sp³-hybridized carbons (Fsp3) is 0.333. The molecule has 0 rings (SSSR count). The van der Waals surface area contributed by atoms with Gasteiger partial charge in [0.05, 0.1) is 7.11 Å². The molecule has 0 aromatic carbocycles.